The minimum Gasteiger partial charge on any atom is -0.310 e. The van der Waals surface area contributed by atoms with Crippen LogP contribution in [0.5, 0.6) is 0 Å². The van der Waals surface area contributed by atoms with E-state index < -0.39 is 17.5 Å². The first-order valence-electron chi connectivity index (χ1n) is 6.90. The van der Waals surface area contributed by atoms with Gasteiger partial charge in [-0.2, -0.15) is 5.10 Å². The van der Waals surface area contributed by atoms with Crippen LogP contribution >= 0.6 is 0 Å². The first kappa shape index (κ1) is 14.1. The molecule has 1 N–H and O–H groups in total. The molecule has 0 spiro atoms. The molecule has 3 rings (SSSR count). The summed E-state index contributed by atoms with van der Waals surface area (Å²) >= 11 is 0. The van der Waals surface area contributed by atoms with Gasteiger partial charge in [0.05, 0.1) is 11.4 Å². The monoisotopic (exact) mass is 295 g/mol. The number of hydrogen-bond acceptors (Lipinski definition) is 2. The van der Waals surface area contributed by atoms with Gasteiger partial charge < -0.3 is 5.32 Å². The highest BCUT2D eigenvalue weighted by molar-refractivity contribution is 5.38. The first-order valence-corrected chi connectivity index (χ1v) is 6.90. The van der Waals surface area contributed by atoms with Crippen LogP contribution in [0.15, 0.2) is 12.1 Å². The molecule has 1 heterocycles. The van der Waals surface area contributed by atoms with Gasteiger partial charge in [-0.1, -0.05) is 0 Å². The van der Waals surface area contributed by atoms with Gasteiger partial charge in [-0.3, -0.25) is 0 Å². The fraction of sp³-hybridized carbons (Fsp3) is 0.400. The maximum absolute atomic E-state index is 13.4. The Morgan fingerprint density at radius 3 is 2.38 bits per heavy atom. The van der Waals surface area contributed by atoms with Crippen LogP contribution in [0.25, 0.3) is 5.69 Å². The van der Waals surface area contributed by atoms with Crippen LogP contribution in [0.1, 0.15) is 29.8 Å². The number of benzene rings is 1. The fourth-order valence-corrected chi connectivity index (χ4v) is 2.38. The van der Waals surface area contributed by atoms with E-state index in [4.69, 9.17) is 0 Å². The number of rotatable bonds is 4. The lowest BCUT2D eigenvalue weighted by Crippen LogP contribution is -2.16. The van der Waals surface area contributed by atoms with E-state index in [1.165, 1.54) is 17.5 Å². The van der Waals surface area contributed by atoms with Crippen LogP contribution in [-0.2, 0) is 6.54 Å². The van der Waals surface area contributed by atoms with Crippen molar-refractivity contribution in [2.24, 2.45) is 0 Å². The minimum atomic E-state index is -1.46. The number of halogens is 3. The number of nitrogens with one attached hydrogen (secondary N) is 1. The summed E-state index contributed by atoms with van der Waals surface area (Å²) in [7, 11) is 0. The molecule has 3 nitrogen and oxygen atoms in total. The summed E-state index contributed by atoms with van der Waals surface area (Å²) < 4.78 is 41.2. The predicted octanol–water partition coefficient (Wildman–Crippen LogP) is 3.16. The zero-order valence-electron chi connectivity index (χ0n) is 11.9. The van der Waals surface area contributed by atoms with E-state index in [0.29, 0.717) is 12.6 Å². The largest absolute Gasteiger partial charge is 0.310 e. The summed E-state index contributed by atoms with van der Waals surface area (Å²) in [6, 6.07) is 2.47. The Labute approximate surface area is 120 Å². The molecule has 0 amide bonds. The second kappa shape index (κ2) is 5.18. The van der Waals surface area contributed by atoms with Gasteiger partial charge in [0.1, 0.15) is 0 Å². The Kier molecular flexibility index (Phi) is 3.49. The molecular weight excluding hydrogens is 279 g/mol. The van der Waals surface area contributed by atoms with Gasteiger partial charge >= 0.3 is 0 Å². The third-order valence-corrected chi connectivity index (χ3v) is 3.80. The van der Waals surface area contributed by atoms with E-state index in [1.54, 1.807) is 0 Å². The van der Waals surface area contributed by atoms with Crippen LogP contribution in [-0.4, -0.2) is 15.8 Å². The summed E-state index contributed by atoms with van der Waals surface area (Å²) in [6.07, 6.45) is 2.36. The second-order valence-electron chi connectivity index (χ2n) is 5.44. The van der Waals surface area contributed by atoms with Crippen LogP contribution in [0.3, 0.4) is 0 Å². The highest BCUT2D eigenvalue weighted by Crippen LogP contribution is 2.23. The topological polar surface area (TPSA) is 29.9 Å². The first-order chi connectivity index (χ1) is 9.97. The quantitative estimate of drug-likeness (QED) is 0.878. The van der Waals surface area contributed by atoms with Gasteiger partial charge in [0.2, 0.25) is 0 Å². The zero-order chi connectivity index (χ0) is 15.1. The summed E-state index contributed by atoms with van der Waals surface area (Å²) in [5.74, 6) is -3.89. The van der Waals surface area contributed by atoms with Crippen molar-refractivity contribution >= 4 is 0 Å². The Morgan fingerprint density at radius 1 is 1.19 bits per heavy atom. The van der Waals surface area contributed by atoms with E-state index in [1.807, 2.05) is 13.8 Å². The van der Waals surface area contributed by atoms with Gasteiger partial charge in [-0.25, -0.2) is 17.9 Å². The smallest absolute Gasteiger partial charge is 0.194 e. The summed E-state index contributed by atoms with van der Waals surface area (Å²) in [5, 5.41) is 7.70. The Hall–Kier alpha value is -1.82. The number of nitrogens with zero attached hydrogens (tertiary/aromatic N) is 2. The number of hydrogen-bond donors (Lipinski definition) is 1. The number of aromatic nitrogens is 2. The second-order valence-corrected chi connectivity index (χ2v) is 5.44. The van der Waals surface area contributed by atoms with Crippen molar-refractivity contribution in [3.8, 4) is 5.69 Å². The molecule has 1 aromatic carbocycles. The maximum atomic E-state index is 13.4. The van der Waals surface area contributed by atoms with Crippen LogP contribution in [0.4, 0.5) is 13.2 Å². The van der Waals surface area contributed by atoms with Crippen molar-refractivity contribution < 1.29 is 13.2 Å². The lowest BCUT2D eigenvalue weighted by atomic mass is 10.2. The van der Waals surface area contributed by atoms with E-state index in [2.05, 4.69) is 10.4 Å². The van der Waals surface area contributed by atoms with Gasteiger partial charge in [0.15, 0.2) is 17.5 Å². The van der Waals surface area contributed by atoms with Gasteiger partial charge in [-0.15, -0.1) is 0 Å². The van der Waals surface area contributed by atoms with Crippen molar-refractivity contribution in [2.75, 3.05) is 0 Å². The van der Waals surface area contributed by atoms with Crippen molar-refractivity contribution in [3.63, 3.8) is 0 Å². The Morgan fingerprint density at radius 2 is 1.81 bits per heavy atom. The van der Waals surface area contributed by atoms with E-state index in [0.717, 1.165) is 29.1 Å². The lowest BCUT2D eigenvalue weighted by molar-refractivity contribution is 0.446. The van der Waals surface area contributed by atoms with Crippen molar-refractivity contribution in [1.82, 2.24) is 15.1 Å². The molecule has 0 unspecified atom stereocenters. The molecule has 2 aromatic rings. The van der Waals surface area contributed by atoms with E-state index in [9.17, 15) is 13.2 Å². The molecule has 1 aliphatic rings. The maximum Gasteiger partial charge on any atom is 0.194 e. The van der Waals surface area contributed by atoms with E-state index in [-0.39, 0.29) is 5.69 Å². The van der Waals surface area contributed by atoms with E-state index >= 15 is 0 Å². The van der Waals surface area contributed by atoms with Crippen LogP contribution in [0.2, 0.25) is 0 Å². The van der Waals surface area contributed by atoms with Crippen LogP contribution in [0, 0.1) is 31.3 Å². The van der Waals surface area contributed by atoms with Crippen molar-refractivity contribution in [1.29, 1.82) is 0 Å². The number of aryl methyl sites for hydroxylation is 1. The van der Waals surface area contributed by atoms with Crippen molar-refractivity contribution in [2.45, 2.75) is 39.3 Å². The standard InChI is InChI=1S/C15H16F3N3/c1-8-12(7-19-10-3-4-10)9(2)21(20-8)11-5-13(16)15(18)14(17)6-11/h5-6,10,19H,3-4,7H2,1-2H3. The molecule has 1 aliphatic carbocycles. The fourth-order valence-electron chi connectivity index (χ4n) is 2.38. The lowest BCUT2D eigenvalue weighted by Gasteiger charge is -2.07. The van der Waals surface area contributed by atoms with Gasteiger partial charge in [-0.05, 0) is 26.7 Å². The molecule has 1 saturated carbocycles. The average Bonchev–Trinajstić information content (AvgIpc) is 3.21. The third kappa shape index (κ3) is 2.68. The van der Waals surface area contributed by atoms with Crippen molar-refractivity contribution in [3.05, 3.63) is 46.5 Å². The summed E-state index contributed by atoms with van der Waals surface area (Å²) in [4.78, 5) is 0. The molecule has 6 heteroatoms. The molecule has 112 valence electrons. The molecule has 21 heavy (non-hydrogen) atoms. The van der Waals surface area contributed by atoms with Crippen LogP contribution < -0.4 is 5.32 Å². The molecular formula is C15H16F3N3. The molecule has 0 bridgehead atoms. The molecule has 1 aromatic heterocycles. The summed E-state index contributed by atoms with van der Waals surface area (Å²) in [6.45, 7) is 4.36. The molecule has 0 aliphatic heterocycles. The molecule has 0 radical (unpaired) electrons. The SMILES string of the molecule is Cc1nn(-c2cc(F)c(F)c(F)c2)c(C)c1CNC1CC1. The molecule has 0 saturated heterocycles. The third-order valence-electron chi connectivity index (χ3n) is 3.80. The zero-order valence-corrected chi connectivity index (χ0v) is 11.9. The minimum absolute atomic E-state index is 0.185. The molecule has 1 fully saturated rings. The molecule has 0 atom stereocenters. The Balaban J connectivity index is 1.96. The predicted molar refractivity (Wildman–Crippen MR) is 72.8 cm³/mol. The highest BCUT2D eigenvalue weighted by atomic mass is 19.2. The van der Waals surface area contributed by atoms with Gasteiger partial charge in [0.25, 0.3) is 0 Å². The average molecular weight is 295 g/mol. The normalized spacial score (nSPS) is 14.7. The van der Waals surface area contributed by atoms with Gasteiger partial charge in [0, 0.05) is 36.0 Å². The Bertz CT molecular complexity index is 667. The highest BCUT2D eigenvalue weighted by Gasteiger charge is 2.22. The summed E-state index contributed by atoms with van der Waals surface area (Å²) in [5.41, 5.74) is 2.79.